The predicted octanol–water partition coefficient (Wildman–Crippen LogP) is 3.99. The number of nitrogens with zero attached hydrogens (tertiary/aromatic N) is 3. The van der Waals surface area contributed by atoms with E-state index >= 15 is 0 Å². The van der Waals surface area contributed by atoms with Crippen LogP contribution < -0.4 is 0 Å². The highest BCUT2D eigenvalue weighted by molar-refractivity contribution is 7.21. The lowest BCUT2D eigenvalue weighted by Gasteiger charge is -2.03. The SMILES string of the molecule is Oc1ccc2nc(-c3ccc(-n4nccc4F)cc3)sc2c1. The molecule has 22 heavy (non-hydrogen) atoms. The molecular weight excluding hydrogens is 301 g/mol. The molecule has 0 saturated carbocycles. The molecule has 4 aromatic rings. The van der Waals surface area contributed by atoms with E-state index in [1.807, 2.05) is 12.1 Å². The third kappa shape index (κ3) is 2.14. The summed E-state index contributed by atoms with van der Waals surface area (Å²) in [6.07, 6.45) is 1.42. The Labute approximate surface area is 129 Å². The van der Waals surface area contributed by atoms with E-state index in [2.05, 4.69) is 10.1 Å². The highest BCUT2D eigenvalue weighted by atomic mass is 32.1. The fraction of sp³-hybridized carbons (Fsp3) is 0. The molecule has 2 heterocycles. The van der Waals surface area contributed by atoms with Gasteiger partial charge >= 0.3 is 0 Å². The van der Waals surface area contributed by atoms with Gasteiger partial charge in [0.25, 0.3) is 0 Å². The number of aromatic nitrogens is 3. The second-order valence-corrected chi connectivity index (χ2v) is 5.81. The van der Waals surface area contributed by atoms with Gasteiger partial charge in [-0.2, -0.15) is 9.49 Å². The Balaban J connectivity index is 1.74. The molecule has 0 aliphatic carbocycles. The van der Waals surface area contributed by atoms with Crippen LogP contribution in [0.15, 0.2) is 54.7 Å². The zero-order valence-corrected chi connectivity index (χ0v) is 12.1. The van der Waals surface area contributed by atoms with E-state index in [-0.39, 0.29) is 5.75 Å². The van der Waals surface area contributed by atoms with Gasteiger partial charge in [-0.1, -0.05) is 0 Å². The number of benzene rings is 2. The molecule has 0 bridgehead atoms. The van der Waals surface area contributed by atoms with Gasteiger partial charge in [-0.15, -0.1) is 11.3 Å². The van der Waals surface area contributed by atoms with Gasteiger partial charge in [0.05, 0.1) is 22.1 Å². The van der Waals surface area contributed by atoms with Crippen molar-refractivity contribution in [1.29, 1.82) is 0 Å². The number of halogens is 1. The number of rotatable bonds is 2. The molecular formula is C16H10FN3OS. The number of thiazole rings is 1. The van der Waals surface area contributed by atoms with Gasteiger partial charge in [0.15, 0.2) is 0 Å². The fourth-order valence-corrected chi connectivity index (χ4v) is 3.26. The van der Waals surface area contributed by atoms with Gasteiger partial charge in [-0.05, 0) is 42.5 Å². The van der Waals surface area contributed by atoms with Gasteiger partial charge in [0, 0.05) is 11.6 Å². The maximum atomic E-state index is 13.5. The summed E-state index contributed by atoms with van der Waals surface area (Å²) in [7, 11) is 0. The van der Waals surface area contributed by atoms with Gasteiger partial charge in [0.2, 0.25) is 5.95 Å². The zero-order chi connectivity index (χ0) is 15.1. The van der Waals surface area contributed by atoms with Crippen molar-refractivity contribution in [3.8, 4) is 22.0 Å². The number of hydrogen-bond donors (Lipinski definition) is 1. The highest BCUT2D eigenvalue weighted by Gasteiger charge is 2.08. The maximum absolute atomic E-state index is 13.5. The first kappa shape index (κ1) is 13.0. The first-order valence-corrected chi connectivity index (χ1v) is 7.42. The summed E-state index contributed by atoms with van der Waals surface area (Å²) in [6.45, 7) is 0. The van der Waals surface area contributed by atoms with Gasteiger partial charge in [0.1, 0.15) is 10.8 Å². The Morgan fingerprint density at radius 3 is 2.59 bits per heavy atom. The molecule has 0 atom stereocenters. The Bertz CT molecular complexity index is 959. The van der Waals surface area contributed by atoms with Gasteiger partial charge < -0.3 is 5.11 Å². The minimum absolute atomic E-state index is 0.229. The second-order valence-electron chi connectivity index (χ2n) is 4.78. The Morgan fingerprint density at radius 2 is 1.86 bits per heavy atom. The average molecular weight is 311 g/mol. The standard InChI is InChI=1S/C16H10FN3OS/c17-15-7-8-18-20(15)11-3-1-10(2-4-11)16-19-13-6-5-12(21)9-14(13)22-16/h1-9,21H. The Kier molecular flexibility index (Phi) is 2.90. The molecule has 0 radical (unpaired) electrons. The largest absolute Gasteiger partial charge is 0.508 e. The van der Waals surface area contributed by atoms with Crippen molar-refractivity contribution in [3.63, 3.8) is 0 Å². The normalized spacial score (nSPS) is 11.1. The first-order valence-electron chi connectivity index (χ1n) is 6.60. The van der Waals surface area contributed by atoms with Crippen LogP contribution in [0.3, 0.4) is 0 Å². The van der Waals surface area contributed by atoms with Crippen molar-refractivity contribution in [2.24, 2.45) is 0 Å². The third-order valence-corrected chi connectivity index (χ3v) is 4.39. The van der Waals surface area contributed by atoms with Crippen LogP contribution in [0, 0.1) is 5.95 Å². The monoisotopic (exact) mass is 311 g/mol. The number of hydrogen-bond acceptors (Lipinski definition) is 4. The molecule has 4 rings (SSSR count). The summed E-state index contributed by atoms with van der Waals surface area (Å²) in [5.74, 6) is -0.171. The molecule has 0 fully saturated rings. The summed E-state index contributed by atoms with van der Waals surface area (Å²) in [5.41, 5.74) is 2.45. The van der Waals surface area contributed by atoms with E-state index in [1.54, 1.807) is 30.3 Å². The van der Waals surface area contributed by atoms with Crippen LogP contribution in [0.4, 0.5) is 4.39 Å². The van der Waals surface area contributed by atoms with E-state index in [0.717, 1.165) is 20.8 Å². The number of fused-ring (bicyclic) bond motifs is 1. The topological polar surface area (TPSA) is 50.9 Å². The van der Waals surface area contributed by atoms with E-state index in [1.165, 1.54) is 28.3 Å². The van der Waals surface area contributed by atoms with E-state index < -0.39 is 5.95 Å². The molecule has 1 N–H and O–H groups in total. The lowest BCUT2D eigenvalue weighted by Crippen LogP contribution is -1.98. The second kappa shape index (κ2) is 4.92. The lowest BCUT2D eigenvalue weighted by atomic mass is 10.2. The zero-order valence-electron chi connectivity index (χ0n) is 11.3. The van der Waals surface area contributed by atoms with Crippen LogP contribution in [-0.4, -0.2) is 19.9 Å². The van der Waals surface area contributed by atoms with Crippen LogP contribution in [0.25, 0.3) is 26.5 Å². The summed E-state index contributed by atoms with van der Waals surface area (Å²) in [5, 5.41) is 14.3. The molecule has 2 aromatic heterocycles. The summed E-state index contributed by atoms with van der Waals surface area (Å²) >= 11 is 1.50. The van der Waals surface area contributed by atoms with Gasteiger partial charge in [-0.3, -0.25) is 0 Å². The molecule has 0 amide bonds. The average Bonchev–Trinajstić information content (AvgIpc) is 3.13. The molecule has 0 aliphatic heterocycles. The molecule has 0 saturated heterocycles. The van der Waals surface area contributed by atoms with E-state index in [0.29, 0.717) is 5.69 Å². The van der Waals surface area contributed by atoms with Crippen molar-refractivity contribution >= 4 is 21.6 Å². The quantitative estimate of drug-likeness (QED) is 0.609. The van der Waals surface area contributed by atoms with Crippen molar-refractivity contribution in [2.75, 3.05) is 0 Å². The number of phenols is 1. The van der Waals surface area contributed by atoms with E-state index in [4.69, 9.17) is 0 Å². The smallest absolute Gasteiger partial charge is 0.216 e. The minimum Gasteiger partial charge on any atom is -0.508 e. The number of aromatic hydroxyl groups is 1. The summed E-state index contributed by atoms with van der Waals surface area (Å²) in [6, 6.07) is 13.8. The molecule has 0 spiro atoms. The van der Waals surface area contributed by atoms with Crippen LogP contribution >= 0.6 is 11.3 Å². The van der Waals surface area contributed by atoms with Crippen molar-refractivity contribution < 1.29 is 9.50 Å². The molecule has 0 aliphatic rings. The van der Waals surface area contributed by atoms with Crippen molar-refractivity contribution in [1.82, 2.24) is 14.8 Å². The number of phenolic OH excluding ortho intramolecular Hbond substituents is 1. The fourth-order valence-electron chi connectivity index (χ4n) is 2.26. The van der Waals surface area contributed by atoms with E-state index in [9.17, 15) is 9.50 Å². The van der Waals surface area contributed by atoms with Crippen LogP contribution in [0.2, 0.25) is 0 Å². The van der Waals surface area contributed by atoms with Crippen LogP contribution in [-0.2, 0) is 0 Å². The predicted molar refractivity (Wildman–Crippen MR) is 83.8 cm³/mol. The molecule has 2 aromatic carbocycles. The molecule has 0 unspecified atom stereocenters. The molecule has 6 heteroatoms. The summed E-state index contributed by atoms with van der Waals surface area (Å²) < 4.78 is 15.7. The molecule has 4 nitrogen and oxygen atoms in total. The first-order chi connectivity index (χ1) is 10.7. The van der Waals surface area contributed by atoms with Crippen LogP contribution in [0.5, 0.6) is 5.75 Å². The highest BCUT2D eigenvalue weighted by Crippen LogP contribution is 2.32. The maximum Gasteiger partial charge on any atom is 0.216 e. The minimum atomic E-state index is -0.400. The van der Waals surface area contributed by atoms with Crippen molar-refractivity contribution in [3.05, 3.63) is 60.7 Å². The van der Waals surface area contributed by atoms with Crippen LogP contribution in [0.1, 0.15) is 0 Å². The molecule has 108 valence electrons. The lowest BCUT2D eigenvalue weighted by molar-refractivity contribution is 0.476. The third-order valence-electron chi connectivity index (χ3n) is 3.33. The van der Waals surface area contributed by atoms with Crippen molar-refractivity contribution in [2.45, 2.75) is 0 Å². The van der Waals surface area contributed by atoms with Gasteiger partial charge in [-0.25, -0.2) is 9.67 Å². The Morgan fingerprint density at radius 1 is 1.05 bits per heavy atom. The summed E-state index contributed by atoms with van der Waals surface area (Å²) in [4.78, 5) is 4.54. The Hall–Kier alpha value is -2.73.